The Morgan fingerprint density at radius 1 is 1.14 bits per heavy atom. The van der Waals surface area contributed by atoms with E-state index in [1.807, 2.05) is 43.3 Å². The summed E-state index contributed by atoms with van der Waals surface area (Å²) in [6.07, 6.45) is 0.285. The molecule has 2 aromatic carbocycles. The molecule has 2 rings (SSSR count). The Morgan fingerprint density at radius 2 is 1.86 bits per heavy atom. The molecule has 0 aliphatic rings. The van der Waals surface area contributed by atoms with Crippen LogP contribution in [0.5, 0.6) is 0 Å². The molecule has 0 aliphatic carbocycles. The molecule has 0 saturated heterocycles. The zero-order valence-electron chi connectivity index (χ0n) is 12.0. The maximum absolute atomic E-state index is 11.8. The summed E-state index contributed by atoms with van der Waals surface area (Å²) < 4.78 is 0. The summed E-state index contributed by atoms with van der Waals surface area (Å²) in [6.45, 7) is 2.01. The molecular weight excluding hydrogens is 318 g/mol. The van der Waals surface area contributed by atoms with Crippen LogP contribution in [0.1, 0.15) is 11.1 Å². The lowest BCUT2D eigenvalue weighted by Crippen LogP contribution is -2.44. The van der Waals surface area contributed by atoms with Gasteiger partial charge in [0.2, 0.25) is 5.91 Å². The minimum atomic E-state index is -0.168. The number of anilines is 1. The number of benzene rings is 2. The smallest absolute Gasteiger partial charge is 0.242 e. The SMILES string of the molecule is Cc1ccc(CC(=O)NNC(=S)Nc2cccc(Cl)c2)cc1. The van der Waals surface area contributed by atoms with E-state index >= 15 is 0 Å². The molecule has 0 radical (unpaired) electrons. The maximum Gasteiger partial charge on any atom is 0.242 e. The summed E-state index contributed by atoms with van der Waals surface area (Å²) in [5, 5.41) is 3.83. The van der Waals surface area contributed by atoms with E-state index in [9.17, 15) is 4.79 Å². The summed E-state index contributed by atoms with van der Waals surface area (Å²) in [6, 6.07) is 14.9. The number of thiocarbonyl (C=S) groups is 1. The van der Waals surface area contributed by atoms with Crippen LogP contribution in [-0.4, -0.2) is 11.0 Å². The van der Waals surface area contributed by atoms with Crippen LogP contribution < -0.4 is 16.2 Å². The van der Waals surface area contributed by atoms with Gasteiger partial charge in [-0.25, -0.2) is 0 Å². The number of halogens is 1. The van der Waals surface area contributed by atoms with E-state index in [4.69, 9.17) is 23.8 Å². The second-order valence-corrected chi connectivity index (χ2v) is 5.64. The van der Waals surface area contributed by atoms with Gasteiger partial charge in [0, 0.05) is 10.7 Å². The fourth-order valence-corrected chi connectivity index (χ4v) is 2.15. The fourth-order valence-electron chi connectivity index (χ4n) is 1.79. The van der Waals surface area contributed by atoms with E-state index in [0.29, 0.717) is 10.1 Å². The summed E-state index contributed by atoms with van der Waals surface area (Å²) in [5.41, 5.74) is 8.07. The molecule has 3 N–H and O–H groups in total. The van der Waals surface area contributed by atoms with Gasteiger partial charge in [-0.1, -0.05) is 47.5 Å². The van der Waals surface area contributed by atoms with Crippen LogP contribution in [0.15, 0.2) is 48.5 Å². The Morgan fingerprint density at radius 3 is 2.55 bits per heavy atom. The van der Waals surface area contributed by atoms with E-state index < -0.39 is 0 Å². The molecule has 6 heteroatoms. The van der Waals surface area contributed by atoms with E-state index in [2.05, 4.69) is 16.2 Å². The van der Waals surface area contributed by atoms with Crippen LogP contribution in [0.4, 0.5) is 5.69 Å². The summed E-state index contributed by atoms with van der Waals surface area (Å²) in [7, 11) is 0. The monoisotopic (exact) mass is 333 g/mol. The molecule has 0 aliphatic heterocycles. The second-order valence-electron chi connectivity index (χ2n) is 4.80. The molecule has 0 saturated carbocycles. The normalized spacial score (nSPS) is 9.91. The molecule has 0 atom stereocenters. The van der Waals surface area contributed by atoms with Crippen molar-refractivity contribution in [1.29, 1.82) is 0 Å². The number of hydrogen-bond donors (Lipinski definition) is 3. The number of aryl methyl sites for hydroxylation is 1. The molecule has 0 spiro atoms. The van der Waals surface area contributed by atoms with Crippen molar-refractivity contribution in [3.8, 4) is 0 Å². The highest BCUT2D eigenvalue weighted by Crippen LogP contribution is 2.14. The number of hydrazine groups is 1. The van der Waals surface area contributed by atoms with Crippen LogP contribution in [0.25, 0.3) is 0 Å². The molecule has 4 nitrogen and oxygen atoms in total. The lowest BCUT2D eigenvalue weighted by atomic mass is 10.1. The standard InChI is InChI=1S/C16H16ClN3OS/c1-11-5-7-12(8-6-11)9-15(21)19-20-16(22)18-14-4-2-3-13(17)10-14/h2-8,10H,9H2,1H3,(H,19,21)(H2,18,20,22). The number of carbonyl (C=O) groups is 1. The molecular formula is C16H16ClN3OS. The fraction of sp³-hybridized carbons (Fsp3) is 0.125. The van der Waals surface area contributed by atoms with Crippen LogP contribution in [-0.2, 0) is 11.2 Å². The quantitative estimate of drug-likeness (QED) is 0.596. The van der Waals surface area contributed by atoms with Gasteiger partial charge in [-0.3, -0.25) is 15.6 Å². The van der Waals surface area contributed by atoms with Gasteiger partial charge in [0.25, 0.3) is 0 Å². The Balaban J connectivity index is 1.78. The topological polar surface area (TPSA) is 53.2 Å². The van der Waals surface area contributed by atoms with Crippen LogP contribution in [0.2, 0.25) is 5.02 Å². The third-order valence-corrected chi connectivity index (χ3v) is 3.32. The minimum Gasteiger partial charge on any atom is -0.331 e. The Kier molecular flexibility index (Phi) is 5.75. The Hall–Kier alpha value is -2.11. The zero-order valence-corrected chi connectivity index (χ0v) is 13.6. The van der Waals surface area contributed by atoms with Gasteiger partial charge in [0.05, 0.1) is 6.42 Å². The maximum atomic E-state index is 11.8. The van der Waals surface area contributed by atoms with E-state index in [-0.39, 0.29) is 12.3 Å². The first kappa shape index (κ1) is 16.3. The molecule has 22 heavy (non-hydrogen) atoms. The Labute approximate surface area is 139 Å². The number of hydrogen-bond acceptors (Lipinski definition) is 2. The van der Waals surface area contributed by atoms with Crippen LogP contribution in [0.3, 0.4) is 0 Å². The largest absolute Gasteiger partial charge is 0.331 e. The lowest BCUT2D eigenvalue weighted by Gasteiger charge is -2.11. The van der Waals surface area contributed by atoms with Crippen LogP contribution >= 0.6 is 23.8 Å². The molecule has 0 bridgehead atoms. The zero-order chi connectivity index (χ0) is 15.9. The second kappa shape index (κ2) is 7.77. The van der Waals surface area contributed by atoms with Gasteiger partial charge < -0.3 is 5.32 Å². The van der Waals surface area contributed by atoms with Gasteiger partial charge in [-0.05, 0) is 42.9 Å². The number of nitrogens with one attached hydrogen (secondary N) is 3. The predicted octanol–water partition coefficient (Wildman–Crippen LogP) is 3.21. The minimum absolute atomic E-state index is 0.168. The van der Waals surface area contributed by atoms with E-state index in [1.165, 1.54) is 0 Å². The number of amides is 1. The third kappa shape index (κ3) is 5.35. The number of rotatable bonds is 3. The average Bonchev–Trinajstić information content (AvgIpc) is 2.48. The van der Waals surface area contributed by atoms with Crippen molar-refractivity contribution in [3.05, 3.63) is 64.7 Å². The van der Waals surface area contributed by atoms with Crippen molar-refractivity contribution < 1.29 is 4.79 Å². The highest BCUT2D eigenvalue weighted by Gasteiger charge is 2.04. The molecule has 114 valence electrons. The highest BCUT2D eigenvalue weighted by molar-refractivity contribution is 7.80. The third-order valence-electron chi connectivity index (χ3n) is 2.88. The van der Waals surface area contributed by atoms with Crippen molar-refractivity contribution >= 4 is 40.5 Å². The van der Waals surface area contributed by atoms with E-state index in [0.717, 1.165) is 16.8 Å². The van der Waals surface area contributed by atoms with Crippen molar-refractivity contribution in [1.82, 2.24) is 10.9 Å². The molecule has 0 fully saturated rings. The van der Waals surface area contributed by atoms with Crippen molar-refractivity contribution in [3.63, 3.8) is 0 Å². The van der Waals surface area contributed by atoms with Gasteiger partial charge in [-0.2, -0.15) is 0 Å². The van der Waals surface area contributed by atoms with Crippen molar-refractivity contribution in [2.75, 3.05) is 5.32 Å². The molecule has 0 unspecified atom stereocenters. The first-order chi connectivity index (χ1) is 10.5. The molecule has 0 heterocycles. The number of carbonyl (C=O) groups excluding carboxylic acids is 1. The lowest BCUT2D eigenvalue weighted by molar-refractivity contribution is -0.120. The highest BCUT2D eigenvalue weighted by atomic mass is 35.5. The summed E-state index contributed by atoms with van der Waals surface area (Å²) in [5.74, 6) is -0.168. The molecule has 0 aromatic heterocycles. The van der Waals surface area contributed by atoms with Gasteiger partial charge >= 0.3 is 0 Å². The average molecular weight is 334 g/mol. The van der Waals surface area contributed by atoms with Gasteiger partial charge in [0.1, 0.15) is 0 Å². The van der Waals surface area contributed by atoms with E-state index in [1.54, 1.807) is 12.1 Å². The molecule has 2 aromatic rings. The predicted molar refractivity (Wildman–Crippen MR) is 93.8 cm³/mol. The first-order valence-electron chi connectivity index (χ1n) is 6.70. The van der Waals surface area contributed by atoms with Crippen molar-refractivity contribution in [2.24, 2.45) is 0 Å². The van der Waals surface area contributed by atoms with Crippen molar-refractivity contribution in [2.45, 2.75) is 13.3 Å². The summed E-state index contributed by atoms with van der Waals surface area (Å²) in [4.78, 5) is 11.8. The molecule has 1 amide bonds. The summed E-state index contributed by atoms with van der Waals surface area (Å²) >= 11 is 11.0. The van der Waals surface area contributed by atoms with Gasteiger partial charge in [0.15, 0.2) is 5.11 Å². The van der Waals surface area contributed by atoms with Crippen LogP contribution in [0, 0.1) is 6.92 Å². The Bertz CT molecular complexity index is 673. The first-order valence-corrected chi connectivity index (χ1v) is 7.48. The van der Waals surface area contributed by atoms with Gasteiger partial charge in [-0.15, -0.1) is 0 Å².